The maximum atomic E-state index is 12.8. The van der Waals surface area contributed by atoms with E-state index in [2.05, 4.69) is 74.1 Å². The number of benzene rings is 12. The van der Waals surface area contributed by atoms with Crippen molar-refractivity contribution in [2.45, 2.75) is 115 Å². The number of nitrogens with two attached hydrogens (primary N) is 3. The summed E-state index contributed by atoms with van der Waals surface area (Å²) >= 11 is 0. The predicted molar refractivity (Wildman–Crippen MR) is 543 cm³/mol. The molecule has 12 aromatic carbocycles. The van der Waals surface area contributed by atoms with E-state index in [9.17, 15) is 38.7 Å². The van der Waals surface area contributed by atoms with Gasteiger partial charge in [-0.05, 0) is 290 Å². The molecule has 0 aliphatic heterocycles. The van der Waals surface area contributed by atoms with E-state index < -0.39 is 11.9 Å². The largest absolute Gasteiger partial charge is 1.00 e. The fourth-order valence-corrected chi connectivity index (χ4v) is 14.0. The van der Waals surface area contributed by atoms with Crippen molar-refractivity contribution in [1.82, 2.24) is 71.3 Å². The number of carbonyl (C=O) groups is 7. The van der Waals surface area contributed by atoms with Gasteiger partial charge < -0.3 is 66.8 Å². The Morgan fingerprint density at radius 1 is 0.326 bits per heavy atom. The molecule has 33 heteroatoms. The summed E-state index contributed by atoms with van der Waals surface area (Å²) in [6, 6.07) is 80.4. The smallest absolute Gasteiger partial charge is 0.870 e. The van der Waals surface area contributed by atoms with Crippen LogP contribution in [-0.4, -0.2) is 187 Å². The molecule has 0 bridgehead atoms. The number of aromatic carboxylic acids is 1. The molecular weight excluding hydrogens is 1780 g/mol. The van der Waals surface area contributed by atoms with Gasteiger partial charge in [0, 0.05) is 91.7 Å². The number of hydrogen-bond donors (Lipinski definition) is 6. The third kappa shape index (κ3) is 33.0. The van der Waals surface area contributed by atoms with Crippen LogP contribution in [0.3, 0.4) is 0 Å². The van der Waals surface area contributed by atoms with Crippen LogP contribution in [0.1, 0.15) is 147 Å². The minimum atomic E-state index is -0.976. The Hall–Kier alpha value is -15.8. The average Bonchev–Trinajstić information content (AvgIpc) is 1.77. The number of amides is 2. The van der Waals surface area contributed by atoms with Crippen LogP contribution < -0.4 is 46.7 Å². The summed E-state index contributed by atoms with van der Waals surface area (Å²) in [5, 5.41) is 50.4. The molecule has 728 valence electrons. The van der Waals surface area contributed by atoms with Crippen LogP contribution in [-0.2, 0) is 48.1 Å². The zero-order valence-electron chi connectivity index (χ0n) is 82.9. The number of carboxylic acids is 1. The van der Waals surface area contributed by atoms with E-state index in [-0.39, 0.29) is 71.7 Å². The third-order valence-electron chi connectivity index (χ3n) is 21.2. The quantitative estimate of drug-likeness (QED) is 0.0134. The second-order valence-corrected chi connectivity index (χ2v) is 32.4. The van der Waals surface area contributed by atoms with Crippen LogP contribution in [0, 0.1) is 41.5 Å². The molecule has 0 spiro atoms. The van der Waals surface area contributed by atoms with E-state index in [0.29, 0.717) is 107 Å². The Morgan fingerprint density at radius 3 is 0.830 bits per heavy atom. The van der Waals surface area contributed by atoms with Crippen molar-refractivity contribution >= 4 is 53.0 Å². The number of hydrogen-bond acceptors (Lipinski definition) is 26. The van der Waals surface area contributed by atoms with E-state index in [1.807, 2.05) is 265 Å². The molecule has 15 aromatic rings. The molecule has 0 radical (unpaired) electrons. The summed E-state index contributed by atoms with van der Waals surface area (Å²) in [7, 11) is 8.67. The Kier molecular flexibility index (Phi) is 44.2. The van der Waals surface area contributed by atoms with Crippen LogP contribution >= 0.6 is 0 Å². The van der Waals surface area contributed by atoms with Crippen LogP contribution in [0.25, 0.3) is 101 Å². The first-order chi connectivity index (χ1) is 66.7. The standard InChI is InChI=1S/C21H25N5O2.C18H18N4O2.C18H19NO3.C17H16N4O2.2C15H15NO2.C4H11NO.Li.H2O/c1-5-26-20(23-24-25-26)18-10-17(16-8-6-14(2)7-9-16)11-19(12-18)21(27)22-15(3)13-28-4;1-4-22-17(19-20-21-22)15-9-14(10-16(11-15)18(23)24-3)13-7-5-12(2)6-8-13;1-4-19-17(20)15-9-14(10-16(11-15)18(21)22-3)13-7-5-12(2)6-8-13;1-3-21-16(18-19-20-21)14-8-13(9-15(10-14)17(22)23)12-6-4-11(2)5-7-12;2*1-10-3-5-11(6-4-10)12-7-13(15(17)18-2)9-14(16)8-12;1-4(5)3-6-2;;/h6-12,15H,5,13H2,1-4H3,(H,22,27);5-11H,4H2,1-3H3;5-11H,4H2,1-3H3,(H,19,20);4-10H,3H2,1-2H3,(H,22,23);2*3-9H,16H2,1-2H3;4H,3,5H2,1-2H3;;1H2/q;;;;;;;+1;/p-1. The second-order valence-electron chi connectivity index (χ2n) is 32.4. The number of nitrogen functional groups attached to an aromatic ring is 2. The summed E-state index contributed by atoms with van der Waals surface area (Å²) in [5.74, 6) is -1.13. The molecule has 3 aromatic heterocycles. The van der Waals surface area contributed by atoms with Crippen molar-refractivity contribution in [3.05, 3.63) is 327 Å². The number of carbonyl (C=O) groups excluding carboxylic acids is 6. The van der Waals surface area contributed by atoms with Gasteiger partial charge in [0.15, 0.2) is 17.5 Å². The maximum absolute atomic E-state index is 12.8. The molecule has 0 aliphatic rings. The second kappa shape index (κ2) is 55.5. The number of rotatable bonds is 25. The van der Waals surface area contributed by atoms with E-state index >= 15 is 0 Å². The van der Waals surface area contributed by atoms with E-state index in [0.717, 1.165) is 89.0 Å². The summed E-state index contributed by atoms with van der Waals surface area (Å²) in [6.45, 7) is 27.2. The molecule has 141 heavy (non-hydrogen) atoms. The van der Waals surface area contributed by atoms with E-state index in [4.69, 9.17) is 40.9 Å². The fraction of sp³-hybridized carbons (Fsp3) is 0.241. The monoisotopic (exact) mass is 1900 g/mol. The maximum Gasteiger partial charge on any atom is 1.00 e. The first-order valence-electron chi connectivity index (χ1n) is 44.8. The molecule has 2 atom stereocenters. The zero-order chi connectivity index (χ0) is 101. The first-order valence-corrected chi connectivity index (χ1v) is 44.8. The number of nitrogens with one attached hydrogen (secondary N) is 2. The minimum absolute atomic E-state index is 0. The van der Waals surface area contributed by atoms with Gasteiger partial charge in [0.2, 0.25) is 0 Å². The Labute approximate surface area is 833 Å². The number of ether oxygens (including phenoxy) is 6. The predicted octanol–water partition coefficient (Wildman–Crippen LogP) is 15.3. The van der Waals surface area contributed by atoms with Crippen molar-refractivity contribution < 1.29 is 91.4 Å². The Balaban J connectivity index is 0.000000228. The third-order valence-corrected chi connectivity index (χ3v) is 21.2. The van der Waals surface area contributed by atoms with Crippen LogP contribution in [0.15, 0.2) is 255 Å². The first kappa shape index (κ1) is 112. The minimum Gasteiger partial charge on any atom is -0.870 e. The van der Waals surface area contributed by atoms with Gasteiger partial charge in [-0.1, -0.05) is 179 Å². The average molecular weight is 1900 g/mol. The van der Waals surface area contributed by atoms with Crippen molar-refractivity contribution in [2.24, 2.45) is 5.73 Å². The number of nitrogens with zero attached hydrogens (tertiary/aromatic N) is 12. The van der Waals surface area contributed by atoms with Gasteiger partial charge in [0.25, 0.3) is 11.8 Å². The topological polar surface area (TPSA) is 458 Å². The van der Waals surface area contributed by atoms with Gasteiger partial charge in [0.1, 0.15) is 0 Å². The van der Waals surface area contributed by atoms with Gasteiger partial charge in [-0.15, -0.1) is 15.3 Å². The molecule has 2 amide bonds. The van der Waals surface area contributed by atoms with Crippen LogP contribution in [0.2, 0.25) is 0 Å². The summed E-state index contributed by atoms with van der Waals surface area (Å²) < 4.78 is 33.9. The fourth-order valence-electron chi connectivity index (χ4n) is 14.0. The Morgan fingerprint density at radius 2 is 0.567 bits per heavy atom. The summed E-state index contributed by atoms with van der Waals surface area (Å²) in [5.41, 5.74) is 41.6. The van der Waals surface area contributed by atoms with Gasteiger partial charge in [0.05, 0.1) is 69.5 Å². The van der Waals surface area contributed by atoms with E-state index in [1.54, 1.807) is 88.9 Å². The van der Waals surface area contributed by atoms with Crippen LogP contribution in [0.4, 0.5) is 11.4 Å². The number of esters is 4. The van der Waals surface area contributed by atoms with Gasteiger partial charge in [-0.2, -0.15) is 0 Å². The molecule has 2 unspecified atom stereocenters. The number of tetrazole rings is 3. The molecule has 0 saturated carbocycles. The number of anilines is 2. The number of methoxy groups -OCH3 is 6. The summed E-state index contributed by atoms with van der Waals surface area (Å²) in [4.78, 5) is 83.3. The molecule has 0 fully saturated rings. The zero-order valence-corrected chi connectivity index (χ0v) is 82.9. The van der Waals surface area contributed by atoms with E-state index in [1.165, 1.54) is 50.7 Å². The molecule has 0 saturated heterocycles. The normalized spacial score (nSPS) is 10.7. The molecule has 10 N–H and O–H groups in total. The molecule has 3 heterocycles. The van der Waals surface area contributed by atoms with Crippen molar-refractivity contribution in [3.63, 3.8) is 0 Å². The number of carboxylic acid groups (broad SMARTS) is 1. The molecule has 0 aliphatic carbocycles. The van der Waals surface area contributed by atoms with Gasteiger partial charge in [-0.3, -0.25) is 9.59 Å². The SMILES string of the molecule is CCNC(=O)c1cc(C(=O)OC)cc(-c2ccc(C)cc2)c1.CCn1nnnc1-c1cc(C(=O)NC(C)COC)cc(-c2ccc(C)cc2)c1.CCn1nnnc1-c1cc(C(=O)O)cc(-c2ccc(C)cc2)c1.CCn1nnnc1-c1cc(C(=O)OC)cc(-c2ccc(C)cc2)c1.COC(=O)c1cc(N)cc(-c2ccc(C)cc2)c1.COC(=O)c1cc(N)cc(-c2ccc(C)cc2)c1.COCC(C)N.[Li+].[OH-]. The van der Waals surface area contributed by atoms with Crippen LogP contribution in [0.5, 0.6) is 0 Å². The number of aromatic nitrogens is 12. The van der Waals surface area contributed by atoms with Crippen molar-refractivity contribution in [1.29, 1.82) is 0 Å². The van der Waals surface area contributed by atoms with Gasteiger partial charge in [-0.25, -0.2) is 38.0 Å². The van der Waals surface area contributed by atoms with Crippen molar-refractivity contribution in [3.8, 4) is 101 Å². The molecule has 15 rings (SSSR count). The number of aryl methyl sites for hydroxylation is 9. The molecule has 32 nitrogen and oxygen atoms in total. The molecular formula is C108H120LiN17O15. The Bertz CT molecular complexity index is 6540. The van der Waals surface area contributed by atoms with Crippen molar-refractivity contribution in [2.75, 3.05) is 73.9 Å². The van der Waals surface area contributed by atoms with Gasteiger partial charge >= 0.3 is 48.7 Å². The summed E-state index contributed by atoms with van der Waals surface area (Å²) in [6.07, 6.45) is 0.